The van der Waals surface area contributed by atoms with E-state index in [4.69, 9.17) is 21.1 Å². The maximum atomic E-state index is 12.8. The quantitative estimate of drug-likeness (QED) is 0.614. The van der Waals surface area contributed by atoms with Crippen molar-refractivity contribution in [2.75, 3.05) is 26.9 Å². The summed E-state index contributed by atoms with van der Waals surface area (Å²) in [7, 11) is -1.97. The summed E-state index contributed by atoms with van der Waals surface area (Å²) in [4.78, 5) is 1.15. The van der Waals surface area contributed by atoms with Crippen LogP contribution in [0.15, 0.2) is 41.3 Å². The van der Waals surface area contributed by atoms with Gasteiger partial charge in [-0.15, -0.1) is 11.3 Å². The van der Waals surface area contributed by atoms with E-state index in [1.165, 1.54) is 15.6 Å². The number of halogens is 1. The van der Waals surface area contributed by atoms with Crippen LogP contribution in [-0.2, 0) is 21.3 Å². The van der Waals surface area contributed by atoms with Gasteiger partial charge in [-0.3, -0.25) is 0 Å². The second-order valence-corrected chi connectivity index (χ2v) is 8.69. The molecule has 1 heterocycles. The molecule has 0 aliphatic carbocycles. The number of methoxy groups -OCH3 is 1. The molecule has 132 valence electrons. The second kappa shape index (κ2) is 8.82. The van der Waals surface area contributed by atoms with E-state index in [-0.39, 0.29) is 4.90 Å². The number of benzene rings is 1. The van der Waals surface area contributed by atoms with E-state index in [0.29, 0.717) is 36.4 Å². The lowest BCUT2D eigenvalue weighted by molar-refractivity contribution is 0.146. The highest BCUT2D eigenvalue weighted by atomic mass is 35.5. The maximum Gasteiger partial charge on any atom is 0.243 e. The largest absolute Gasteiger partial charge is 0.491 e. The van der Waals surface area contributed by atoms with Crippen molar-refractivity contribution in [1.82, 2.24) is 4.31 Å². The summed E-state index contributed by atoms with van der Waals surface area (Å²) in [6.07, 6.45) is 0. The van der Waals surface area contributed by atoms with Gasteiger partial charge in [-0.05, 0) is 36.4 Å². The monoisotopic (exact) mass is 389 g/mol. The fourth-order valence-electron chi connectivity index (χ4n) is 2.08. The van der Waals surface area contributed by atoms with Crippen LogP contribution in [0.2, 0.25) is 4.34 Å². The molecule has 5 nitrogen and oxygen atoms in total. The van der Waals surface area contributed by atoms with Crippen LogP contribution >= 0.6 is 22.9 Å². The van der Waals surface area contributed by atoms with Gasteiger partial charge in [-0.25, -0.2) is 8.42 Å². The van der Waals surface area contributed by atoms with Crippen LogP contribution in [0.1, 0.15) is 11.8 Å². The number of hydrogen-bond donors (Lipinski definition) is 0. The van der Waals surface area contributed by atoms with Crippen molar-refractivity contribution in [3.8, 4) is 5.75 Å². The van der Waals surface area contributed by atoms with Crippen LogP contribution in [0, 0.1) is 0 Å². The molecule has 0 fully saturated rings. The SMILES string of the molecule is CCN(Cc1ccc(Cl)s1)S(=O)(=O)c1ccc(OCCOC)cc1. The van der Waals surface area contributed by atoms with Crippen LogP contribution in [0.3, 0.4) is 0 Å². The highest BCUT2D eigenvalue weighted by Crippen LogP contribution is 2.26. The predicted molar refractivity (Wildman–Crippen MR) is 96.4 cm³/mol. The molecule has 0 aliphatic heterocycles. The summed E-state index contributed by atoms with van der Waals surface area (Å²) in [5.74, 6) is 0.610. The molecule has 2 aromatic rings. The van der Waals surface area contributed by atoms with E-state index in [1.807, 2.05) is 13.0 Å². The highest BCUT2D eigenvalue weighted by Gasteiger charge is 2.23. The van der Waals surface area contributed by atoms with Gasteiger partial charge in [0.2, 0.25) is 10.0 Å². The molecule has 1 aromatic carbocycles. The molecular weight excluding hydrogens is 370 g/mol. The van der Waals surface area contributed by atoms with Crippen molar-refractivity contribution in [2.45, 2.75) is 18.4 Å². The van der Waals surface area contributed by atoms with E-state index in [9.17, 15) is 8.42 Å². The lowest BCUT2D eigenvalue weighted by Crippen LogP contribution is -2.30. The molecule has 0 saturated heterocycles. The third-order valence-electron chi connectivity index (χ3n) is 3.33. The molecule has 8 heteroatoms. The Hall–Kier alpha value is -1.12. The van der Waals surface area contributed by atoms with Crippen molar-refractivity contribution in [2.24, 2.45) is 0 Å². The van der Waals surface area contributed by atoms with E-state index >= 15 is 0 Å². The zero-order chi connectivity index (χ0) is 17.6. The standard InChI is InChI=1S/C16H20ClNO4S2/c1-3-18(12-14-6-9-16(17)23-14)24(19,20)15-7-4-13(5-8-15)22-11-10-21-2/h4-9H,3,10-12H2,1-2H3. The topological polar surface area (TPSA) is 55.8 Å². The van der Waals surface area contributed by atoms with Crippen LogP contribution in [-0.4, -0.2) is 39.6 Å². The first-order valence-corrected chi connectivity index (χ1v) is 10.1. The van der Waals surface area contributed by atoms with Crippen molar-refractivity contribution in [3.63, 3.8) is 0 Å². The first kappa shape index (κ1) is 19.2. The van der Waals surface area contributed by atoms with Crippen molar-refractivity contribution in [3.05, 3.63) is 45.6 Å². The number of sulfonamides is 1. The fraction of sp³-hybridized carbons (Fsp3) is 0.375. The van der Waals surface area contributed by atoms with Gasteiger partial charge in [0.1, 0.15) is 12.4 Å². The van der Waals surface area contributed by atoms with Crippen molar-refractivity contribution in [1.29, 1.82) is 0 Å². The van der Waals surface area contributed by atoms with Gasteiger partial charge in [0.05, 0.1) is 15.8 Å². The van der Waals surface area contributed by atoms with Gasteiger partial charge >= 0.3 is 0 Å². The summed E-state index contributed by atoms with van der Waals surface area (Å²) >= 11 is 7.30. The maximum absolute atomic E-state index is 12.8. The van der Waals surface area contributed by atoms with E-state index in [0.717, 1.165) is 4.88 Å². The third kappa shape index (κ3) is 4.94. The van der Waals surface area contributed by atoms with Gasteiger partial charge < -0.3 is 9.47 Å². The lowest BCUT2D eigenvalue weighted by atomic mass is 10.3. The number of ether oxygens (including phenoxy) is 2. The van der Waals surface area contributed by atoms with Gasteiger partial charge in [-0.1, -0.05) is 18.5 Å². The van der Waals surface area contributed by atoms with Gasteiger partial charge in [0.25, 0.3) is 0 Å². The summed E-state index contributed by atoms with van der Waals surface area (Å²) in [5, 5.41) is 0. The van der Waals surface area contributed by atoms with Crippen LogP contribution in [0.4, 0.5) is 0 Å². The molecule has 0 unspecified atom stereocenters. The Morgan fingerprint density at radius 3 is 2.38 bits per heavy atom. The number of nitrogens with zero attached hydrogens (tertiary/aromatic N) is 1. The smallest absolute Gasteiger partial charge is 0.243 e. The molecule has 0 spiro atoms. The average Bonchev–Trinajstić information content (AvgIpc) is 2.98. The third-order valence-corrected chi connectivity index (χ3v) is 6.48. The van der Waals surface area contributed by atoms with Crippen molar-refractivity contribution < 1.29 is 17.9 Å². The molecule has 1 aromatic heterocycles. The minimum absolute atomic E-state index is 0.242. The molecule has 0 amide bonds. The van der Waals surface area contributed by atoms with Crippen LogP contribution in [0.5, 0.6) is 5.75 Å². The Morgan fingerprint density at radius 1 is 1.12 bits per heavy atom. The zero-order valence-corrected chi connectivity index (χ0v) is 16.0. The summed E-state index contributed by atoms with van der Waals surface area (Å²) in [6, 6.07) is 10.0. The normalized spacial score (nSPS) is 11.8. The number of thiophene rings is 1. The van der Waals surface area contributed by atoms with Crippen LogP contribution in [0.25, 0.3) is 0 Å². The Kier molecular flexibility index (Phi) is 7.06. The molecule has 24 heavy (non-hydrogen) atoms. The number of hydrogen-bond acceptors (Lipinski definition) is 5. The molecule has 0 N–H and O–H groups in total. The average molecular weight is 390 g/mol. The van der Waals surface area contributed by atoms with E-state index in [1.54, 1.807) is 37.4 Å². The fourth-order valence-corrected chi connectivity index (χ4v) is 4.69. The van der Waals surface area contributed by atoms with E-state index in [2.05, 4.69) is 0 Å². The molecule has 0 radical (unpaired) electrons. The molecule has 2 rings (SSSR count). The molecule has 0 aliphatic rings. The Morgan fingerprint density at radius 2 is 1.83 bits per heavy atom. The molecular formula is C16H20ClNO4S2. The van der Waals surface area contributed by atoms with Gasteiger partial charge in [0, 0.05) is 25.1 Å². The van der Waals surface area contributed by atoms with Gasteiger partial charge in [0.15, 0.2) is 0 Å². The van der Waals surface area contributed by atoms with Gasteiger partial charge in [-0.2, -0.15) is 4.31 Å². The van der Waals surface area contributed by atoms with E-state index < -0.39 is 10.0 Å². The van der Waals surface area contributed by atoms with Crippen LogP contribution < -0.4 is 4.74 Å². The number of rotatable bonds is 9. The highest BCUT2D eigenvalue weighted by molar-refractivity contribution is 7.89. The summed E-state index contributed by atoms with van der Waals surface area (Å²) < 4.78 is 38.0. The lowest BCUT2D eigenvalue weighted by Gasteiger charge is -2.20. The Balaban J connectivity index is 2.12. The summed E-state index contributed by atoms with van der Waals surface area (Å²) in [6.45, 7) is 3.40. The first-order valence-electron chi connectivity index (χ1n) is 7.43. The minimum atomic E-state index is -3.57. The second-order valence-electron chi connectivity index (χ2n) is 4.95. The molecule has 0 atom stereocenters. The minimum Gasteiger partial charge on any atom is -0.491 e. The predicted octanol–water partition coefficient (Wildman–Crippen LogP) is 3.64. The Labute approximate surface area is 151 Å². The Bertz CT molecular complexity index is 744. The van der Waals surface area contributed by atoms with Crippen molar-refractivity contribution >= 4 is 33.0 Å². The molecule has 0 saturated carbocycles. The first-order chi connectivity index (χ1) is 11.5. The summed E-state index contributed by atoms with van der Waals surface area (Å²) in [5.41, 5.74) is 0. The zero-order valence-electron chi connectivity index (χ0n) is 13.6. The molecule has 0 bridgehead atoms.